The fourth-order valence-electron chi connectivity index (χ4n) is 5.86. The largest absolute Gasteiger partial charge is 0.484 e. The fourth-order valence-corrected chi connectivity index (χ4v) is 7.97. The molecule has 0 amide bonds. The highest BCUT2D eigenvalue weighted by atomic mass is 32.2. The number of benzene rings is 3. The molecule has 4 atom stereocenters. The maximum atomic E-state index is 15.1. The van der Waals surface area contributed by atoms with Crippen LogP contribution in [0.25, 0.3) is 0 Å². The zero-order chi connectivity index (χ0) is 22.1. The highest BCUT2D eigenvalue weighted by Crippen LogP contribution is 2.54. The van der Waals surface area contributed by atoms with Crippen molar-refractivity contribution in [3.8, 4) is 5.75 Å². The molecule has 0 aromatic heterocycles. The summed E-state index contributed by atoms with van der Waals surface area (Å²) in [6.07, 6.45) is 6.13. The van der Waals surface area contributed by atoms with Gasteiger partial charge in [-0.15, -0.1) is 0 Å². The molecule has 3 heteroatoms. The van der Waals surface area contributed by atoms with Crippen LogP contribution < -0.4 is 4.74 Å². The second kappa shape index (κ2) is 8.94. The van der Waals surface area contributed by atoms with Crippen LogP contribution in [0, 0.1) is 23.6 Å². The molecule has 0 radical (unpaired) electrons. The summed E-state index contributed by atoms with van der Waals surface area (Å²) in [5.41, 5.74) is -0.322. The minimum absolute atomic E-state index is 0.263. The van der Waals surface area contributed by atoms with Crippen molar-refractivity contribution in [2.45, 2.75) is 66.2 Å². The summed E-state index contributed by atoms with van der Waals surface area (Å²) in [6.45, 7) is 4.39. The smallest absolute Gasteiger partial charge is 0.170 e. The van der Waals surface area contributed by atoms with Crippen LogP contribution in [0.15, 0.2) is 93.5 Å². The quantitative estimate of drug-likeness (QED) is 0.334. The van der Waals surface area contributed by atoms with E-state index in [9.17, 15) is 0 Å². The van der Waals surface area contributed by atoms with Gasteiger partial charge in [0.25, 0.3) is 0 Å². The molecule has 0 N–H and O–H groups in total. The molecule has 166 valence electrons. The zero-order valence-corrected chi connectivity index (χ0v) is 19.8. The van der Waals surface area contributed by atoms with E-state index in [4.69, 9.17) is 4.74 Å². The van der Waals surface area contributed by atoms with Gasteiger partial charge in [0.15, 0.2) is 26.3 Å². The van der Waals surface area contributed by atoms with Crippen molar-refractivity contribution in [2.75, 3.05) is 0 Å². The van der Waals surface area contributed by atoms with E-state index in [0.717, 1.165) is 23.2 Å². The zero-order valence-electron chi connectivity index (χ0n) is 19.0. The van der Waals surface area contributed by atoms with Crippen molar-refractivity contribution >= 4 is 10.9 Å². The highest BCUT2D eigenvalue weighted by Gasteiger charge is 2.49. The summed E-state index contributed by atoms with van der Waals surface area (Å²) in [6, 6.07) is 26.5. The Balaban J connectivity index is 1.51. The Kier molecular flexibility index (Phi) is 6.03. The summed E-state index contributed by atoms with van der Waals surface area (Å²) in [7, 11) is -0.314. The summed E-state index contributed by atoms with van der Waals surface area (Å²) in [5.74, 6) is 2.24. The van der Waals surface area contributed by atoms with Gasteiger partial charge in [0, 0.05) is 12.0 Å². The number of hydrogen-bond acceptors (Lipinski definition) is 1. The molecule has 1 nitrogen and oxygen atoms in total. The minimum Gasteiger partial charge on any atom is -0.484 e. The van der Waals surface area contributed by atoms with Crippen LogP contribution in [0.2, 0.25) is 0 Å². The Hall–Kier alpha value is -2.26. The lowest BCUT2D eigenvalue weighted by Crippen LogP contribution is -2.43. The summed E-state index contributed by atoms with van der Waals surface area (Å²) < 4.78 is 21.7. The molecule has 2 fully saturated rings. The molecule has 2 aliphatic rings. The normalized spacial score (nSPS) is 23.9. The summed E-state index contributed by atoms with van der Waals surface area (Å²) in [5, 5.41) is 0. The van der Waals surface area contributed by atoms with Gasteiger partial charge in [0.05, 0.1) is 10.9 Å². The summed E-state index contributed by atoms with van der Waals surface area (Å²) in [4.78, 5) is 3.54. The van der Waals surface area contributed by atoms with Crippen molar-refractivity contribution in [1.29, 1.82) is 0 Å². The Bertz CT molecular complexity index is 1010. The molecule has 32 heavy (non-hydrogen) atoms. The van der Waals surface area contributed by atoms with E-state index < -0.39 is 0 Å². The van der Waals surface area contributed by atoms with Gasteiger partial charge in [-0.05, 0) is 80.8 Å². The van der Waals surface area contributed by atoms with Crippen LogP contribution in [0.3, 0.4) is 0 Å². The van der Waals surface area contributed by atoms with Gasteiger partial charge in [-0.3, -0.25) is 0 Å². The Morgan fingerprint density at radius 1 is 0.875 bits per heavy atom. The van der Waals surface area contributed by atoms with Gasteiger partial charge in [-0.25, -0.2) is 4.39 Å². The standard InChI is InChI=1S/C29H32FOS/c1-3-29(2,26-19-21-14-15-22(26)18-21)31-28-20-25(16-17-27(28)30)32(23-10-6-4-7-11-23)24-12-8-5-9-13-24/h4-13,16-17,20-22,26H,3,14-15,18-19H2,1-2H3/q+1. The number of rotatable bonds is 7. The number of ether oxygens (including phenoxy) is 1. The molecule has 2 aliphatic carbocycles. The minimum atomic E-state index is -0.322. The molecule has 0 saturated heterocycles. The summed E-state index contributed by atoms with van der Waals surface area (Å²) >= 11 is 0. The maximum Gasteiger partial charge on any atom is 0.170 e. The Labute approximate surface area is 194 Å². The lowest BCUT2D eigenvalue weighted by molar-refractivity contribution is -0.00673. The van der Waals surface area contributed by atoms with Crippen LogP contribution >= 0.6 is 0 Å². The predicted molar refractivity (Wildman–Crippen MR) is 130 cm³/mol. The Morgan fingerprint density at radius 3 is 2.06 bits per heavy atom. The molecular formula is C29H32FOS+. The lowest BCUT2D eigenvalue weighted by Gasteiger charge is -2.40. The highest BCUT2D eigenvalue weighted by molar-refractivity contribution is 7.97. The predicted octanol–water partition coefficient (Wildman–Crippen LogP) is 7.90. The molecule has 0 aliphatic heterocycles. The van der Waals surface area contributed by atoms with Crippen molar-refractivity contribution < 1.29 is 9.13 Å². The topological polar surface area (TPSA) is 9.23 Å². The van der Waals surface area contributed by atoms with Gasteiger partial charge in [0.2, 0.25) is 0 Å². The molecule has 0 spiro atoms. The second-order valence-corrected chi connectivity index (χ2v) is 11.6. The lowest BCUT2D eigenvalue weighted by atomic mass is 9.75. The van der Waals surface area contributed by atoms with E-state index in [0.29, 0.717) is 11.7 Å². The number of fused-ring (bicyclic) bond motifs is 2. The van der Waals surface area contributed by atoms with Crippen LogP contribution in [-0.4, -0.2) is 5.60 Å². The van der Waals surface area contributed by atoms with E-state index in [1.165, 1.54) is 35.5 Å². The van der Waals surface area contributed by atoms with E-state index in [-0.39, 0.29) is 22.3 Å². The molecule has 5 rings (SSSR count). The molecule has 2 saturated carbocycles. The first-order valence-corrected chi connectivity index (χ1v) is 13.1. The monoisotopic (exact) mass is 447 g/mol. The first-order valence-electron chi connectivity index (χ1n) is 11.9. The van der Waals surface area contributed by atoms with Crippen molar-refractivity contribution in [3.63, 3.8) is 0 Å². The third-order valence-electron chi connectivity index (χ3n) is 7.66. The molecular weight excluding hydrogens is 415 g/mol. The third-order valence-corrected chi connectivity index (χ3v) is 9.88. The van der Waals surface area contributed by atoms with Crippen molar-refractivity contribution in [2.24, 2.45) is 17.8 Å². The maximum absolute atomic E-state index is 15.1. The first kappa shape index (κ1) is 21.6. The van der Waals surface area contributed by atoms with Crippen LogP contribution in [0.4, 0.5) is 4.39 Å². The molecule has 0 heterocycles. The molecule has 3 aromatic rings. The number of halogens is 1. The van der Waals surface area contributed by atoms with E-state index in [1.54, 1.807) is 6.07 Å². The van der Waals surface area contributed by atoms with Gasteiger partial charge in [-0.2, -0.15) is 0 Å². The number of hydrogen-bond donors (Lipinski definition) is 0. The SMILES string of the molecule is CCC(C)(Oc1cc([S+](c2ccccc2)c2ccccc2)ccc1F)C1CC2CCC1C2. The van der Waals surface area contributed by atoms with Gasteiger partial charge >= 0.3 is 0 Å². The van der Waals surface area contributed by atoms with E-state index >= 15 is 4.39 Å². The molecule has 3 aromatic carbocycles. The van der Waals surface area contributed by atoms with Crippen molar-refractivity contribution in [3.05, 3.63) is 84.7 Å². The fraction of sp³-hybridized carbons (Fsp3) is 0.379. The van der Waals surface area contributed by atoms with Gasteiger partial charge in [-0.1, -0.05) is 49.7 Å². The van der Waals surface area contributed by atoms with Crippen molar-refractivity contribution in [1.82, 2.24) is 0 Å². The third kappa shape index (κ3) is 4.08. The van der Waals surface area contributed by atoms with Crippen LogP contribution in [-0.2, 0) is 10.9 Å². The van der Waals surface area contributed by atoms with Gasteiger partial charge in [0.1, 0.15) is 5.60 Å². The van der Waals surface area contributed by atoms with E-state index in [2.05, 4.69) is 62.4 Å². The van der Waals surface area contributed by atoms with E-state index in [1.807, 2.05) is 24.3 Å². The van der Waals surface area contributed by atoms with Crippen LogP contribution in [0.1, 0.15) is 46.0 Å². The first-order chi connectivity index (χ1) is 15.6. The average molecular weight is 448 g/mol. The Morgan fingerprint density at radius 2 is 1.53 bits per heavy atom. The van der Waals surface area contributed by atoms with Crippen LogP contribution in [0.5, 0.6) is 5.75 Å². The molecule has 4 unspecified atom stereocenters. The van der Waals surface area contributed by atoms with Gasteiger partial charge < -0.3 is 4.74 Å². The molecule has 2 bridgehead atoms. The second-order valence-electron chi connectivity index (χ2n) is 9.57. The average Bonchev–Trinajstić information content (AvgIpc) is 3.47.